The first kappa shape index (κ1) is 21.2. The molecular formula is C25H30O4. The summed E-state index contributed by atoms with van der Waals surface area (Å²) in [7, 11) is 0. The minimum atomic E-state index is -0.744. The number of carboxylic acids is 1. The molecule has 1 saturated carbocycles. The standard InChI is InChI=1S/C25H30O4/c26-23-16-14-19(21(23)11-3-1-2-4-13-25(28)29)15-17-24(27)22-12-7-9-18-8-5-6-10-20(18)22/h5-10,12,19,21H,1-4,11,13-17H2,(H,28,29). The summed E-state index contributed by atoms with van der Waals surface area (Å²) in [6, 6.07) is 13.8. The molecule has 2 atom stereocenters. The van der Waals surface area contributed by atoms with Gasteiger partial charge in [0.05, 0.1) is 0 Å². The van der Waals surface area contributed by atoms with E-state index >= 15 is 0 Å². The zero-order valence-corrected chi connectivity index (χ0v) is 16.9. The van der Waals surface area contributed by atoms with Gasteiger partial charge < -0.3 is 5.11 Å². The number of carbonyl (C=O) groups is 3. The molecule has 4 heteroatoms. The van der Waals surface area contributed by atoms with Gasteiger partial charge in [-0.1, -0.05) is 61.7 Å². The van der Waals surface area contributed by atoms with Crippen LogP contribution in [0.5, 0.6) is 0 Å². The van der Waals surface area contributed by atoms with Crippen molar-refractivity contribution in [1.29, 1.82) is 0 Å². The number of aliphatic carboxylic acids is 1. The molecule has 0 bridgehead atoms. The summed E-state index contributed by atoms with van der Waals surface area (Å²) in [5.74, 6) is 0.147. The Morgan fingerprint density at radius 1 is 0.897 bits per heavy atom. The quantitative estimate of drug-likeness (QED) is 0.385. The van der Waals surface area contributed by atoms with Crippen molar-refractivity contribution < 1.29 is 19.5 Å². The fourth-order valence-corrected chi connectivity index (χ4v) is 4.63. The van der Waals surface area contributed by atoms with Crippen LogP contribution in [0.3, 0.4) is 0 Å². The molecule has 0 aliphatic heterocycles. The van der Waals surface area contributed by atoms with Gasteiger partial charge in [-0.25, -0.2) is 0 Å². The molecule has 29 heavy (non-hydrogen) atoms. The summed E-state index contributed by atoms with van der Waals surface area (Å²) >= 11 is 0. The van der Waals surface area contributed by atoms with Crippen molar-refractivity contribution in [2.75, 3.05) is 0 Å². The van der Waals surface area contributed by atoms with Gasteiger partial charge in [-0.2, -0.15) is 0 Å². The number of unbranched alkanes of at least 4 members (excludes halogenated alkanes) is 3. The Hall–Kier alpha value is -2.49. The average molecular weight is 395 g/mol. The predicted octanol–water partition coefficient (Wildman–Crippen LogP) is 5.82. The van der Waals surface area contributed by atoms with E-state index in [1.807, 2.05) is 42.5 Å². The van der Waals surface area contributed by atoms with Gasteiger partial charge >= 0.3 is 5.97 Å². The number of ketones is 2. The largest absolute Gasteiger partial charge is 0.481 e. The number of carboxylic acid groups (broad SMARTS) is 1. The Kier molecular flexibility index (Phi) is 7.56. The van der Waals surface area contributed by atoms with Crippen LogP contribution >= 0.6 is 0 Å². The van der Waals surface area contributed by atoms with Gasteiger partial charge in [0.2, 0.25) is 0 Å². The van der Waals surface area contributed by atoms with Crippen molar-refractivity contribution in [2.24, 2.45) is 11.8 Å². The Labute approximate surface area is 172 Å². The van der Waals surface area contributed by atoms with E-state index in [0.717, 1.165) is 54.9 Å². The lowest BCUT2D eigenvalue weighted by Gasteiger charge is -2.18. The van der Waals surface area contributed by atoms with Crippen molar-refractivity contribution >= 4 is 28.3 Å². The van der Waals surface area contributed by atoms with Crippen LogP contribution in [0.2, 0.25) is 0 Å². The van der Waals surface area contributed by atoms with E-state index < -0.39 is 5.97 Å². The third kappa shape index (κ3) is 5.75. The topological polar surface area (TPSA) is 71.4 Å². The van der Waals surface area contributed by atoms with E-state index in [1.54, 1.807) is 0 Å². The van der Waals surface area contributed by atoms with Crippen LogP contribution in [-0.2, 0) is 9.59 Å². The number of benzene rings is 2. The molecule has 0 amide bonds. The Balaban J connectivity index is 1.50. The molecule has 1 aliphatic carbocycles. The first-order valence-electron chi connectivity index (χ1n) is 10.8. The Morgan fingerprint density at radius 2 is 1.66 bits per heavy atom. The highest BCUT2D eigenvalue weighted by molar-refractivity contribution is 6.08. The van der Waals surface area contributed by atoms with Gasteiger partial charge in [0.25, 0.3) is 0 Å². The molecule has 2 unspecified atom stereocenters. The molecule has 0 aromatic heterocycles. The maximum Gasteiger partial charge on any atom is 0.303 e. The third-order valence-electron chi connectivity index (χ3n) is 6.23. The lowest BCUT2D eigenvalue weighted by atomic mass is 9.85. The van der Waals surface area contributed by atoms with Crippen molar-refractivity contribution in [3.8, 4) is 0 Å². The van der Waals surface area contributed by atoms with Crippen LogP contribution < -0.4 is 0 Å². The normalized spacial score (nSPS) is 19.0. The van der Waals surface area contributed by atoms with Crippen molar-refractivity contribution in [3.05, 3.63) is 48.0 Å². The van der Waals surface area contributed by atoms with Gasteiger partial charge in [0, 0.05) is 30.7 Å². The minimum Gasteiger partial charge on any atom is -0.481 e. The van der Waals surface area contributed by atoms with E-state index in [4.69, 9.17) is 5.11 Å². The summed E-state index contributed by atoms with van der Waals surface area (Å²) in [5, 5.41) is 10.8. The van der Waals surface area contributed by atoms with E-state index in [0.29, 0.717) is 31.0 Å². The molecule has 4 nitrogen and oxygen atoms in total. The molecule has 1 fully saturated rings. The summed E-state index contributed by atoms with van der Waals surface area (Å²) in [6.45, 7) is 0. The molecule has 154 valence electrons. The second-order valence-electron chi connectivity index (χ2n) is 8.21. The van der Waals surface area contributed by atoms with Gasteiger partial charge in [0.15, 0.2) is 5.78 Å². The fraction of sp³-hybridized carbons (Fsp3) is 0.480. The number of hydrogen-bond acceptors (Lipinski definition) is 3. The number of Topliss-reactive ketones (excluding diaryl/α,β-unsaturated/α-hetero) is 2. The van der Waals surface area contributed by atoms with Gasteiger partial charge in [-0.15, -0.1) is 0 Å². The average Bonchev–Trinajstić information content (AvgIpc) is 3.07. The van der Waals surface area contributed by atoms with Crippen LogP contribution in [0.4, 0.5) is 0 Å². The van der Waals surface area contributed by atoms with Crippen LogP contribution in [-0.4, -0.2) is 22.6 Å². The van der Waals surface area contributed by atoms with Gasteiger partial charge in [-0.05, 0) is 42.4 Å². The number of carbonyl (C=O) groups excluding carboxylic acids is 2. The first-order chi connectivity index (χ1) is 14.1. The van der Waals surface area contributed by atoms with Crippen LogP contribution in [0.1, 0.15) is 74.6 Å². The molecule has 1 N–H and O–H groups in total. The molecule has 1 aliphatic rings. The molecular weight excluding hydrogens is 364 g/mol. The summed E-state index contributed by atoms with van der Waals surface area (Å²) in [5.41, 5.74) is 0.780. The fourth-order valence-electron chi connectivity index (χ4n) is 4.63. The van der Waals surface area contributed by atoms with Gasteiger partial charge in [-0.3, -0.25) is 14.4 Å². The molecule has 0 radical (unpaired) electrons. The molecule has 0 heterocycles. The van der Waals surface area contributed by atoms with Crippen molar-refractivity contribution in [1.82, 2.24) is 0 Å². The Bertz CT molecular complexity index is 865. The summed E-state index contributed by atoms with van der Waals surface area (Å²) < 4.78 is 0. The van der Waals surface area contributed by atoms with Crippen molar-refractivity contribution in [2.45, 2.75) is 64.2 Å². The third-order valence-corrected chi connectivity index (χ3v) is 6.23. The van der Waals surface area contributed by atoms with Crippen LogP contribution in [0.25, 0.3) is 10.8 Å². The maximum absolute atomic E-state index is 12.9. The second-order valence-corrected chi connectivity index (χ2v) is 8.21. The molecule has 3 rings (SSSR count). The smallest absolute Gasteiger partial charge is 0.303 e. The highest BCUT2D eigenvalue weighted by atomic mass is 16.4. The lowest BCUT2D eigenvalue weighted by Crippen LogP contribution is -2.16. The number of rotatable bonds is 11. The highest BCUT2D eigenvalue weighted by Crippen LogP contribution is 2.36. The molecule has 2 aromatic rings. The second kappa shape index (κ2) is 10.3. The number of fused-ring (bicyclic) bond motifs is 1. The van der Waals surface area contributed by atoms with E-state index in [1.165, 1.54) is 0 Å². The SMILES string of the molecule is O=C(O)CCCCCCC1C(=O)CCC1CCC(=O)c1cccc2ccccc12. The molecule has 0 spiro atoms. The van der Waals surface area contributed by atoms with Crippen LogP contribution in [0.15, 0.2) is 42.5 Å². The Morgan fingerprint density at radius 3 is 2.48 bits per heavy atom. The van der Waals surface area contributed by atoms with Crippen LogP contribution in [0, 0.1) is 11.8 Å². The van der Waals surface area contributed by atoms with E-state index in [9.17, 15) is 14.4 Å². The van der Waals surface area contributed by atoms with Gasteiger partial charge in [0.1, 0.15) is 5.78 Å². The highest BCUT2D eigenvalue weighted by Gasteiger charge is 2.34. The summed E-state index contributed by atoms with van der Waals surface area (Å²) in [4.78, 5) is 35.7. The molecule has 0 saturated heterocycles. The minimum absolute atomic E-state index is 0.0785. The monoisotopic (exact) mass is 394 g/mol. The predicted molar refractivity (Wildman–Crippen MR) is 114 cm³/mol. The first-order valence-corrected chi connectivity index (χ1v) is 10.8. The van der Waals surface area contributed by atoms with E-state index in [2.05, 4.69) is 0 Å². The summed E-state index contributed by atoms with van der Waals surface area (Å²) in [6.07, 6.45) is 7.43. The van der Waals surface area contributed by atoms with Crippen molar-refractivity contribution in [3.63, 3.8) is 0 Å². The number of hydrogen-bond donors (Lipinski definition) is 1. The zero-order valence-electron chi connectivity index (χ0n) is 16.9. The van der Waals surface area contributed by atoms with E-state index in [-0.39, 0.29) is 18.1 Å². The maximum atomic E-state index is 12.9. The zero-order chi connectivity index (χ0) is 20.6. The lowest BCUT2D eigenvalue weighted by molar-refractivity contribution is -0.137. The molecule has 2 aromatic carbocycles.